The normalized spacial score (nSPS) is 12.1. The Labute approximate surface area is 132 Å². The highest BCUT2D eigenvalue weighted by Gasteiger charge is 2.13. The van der Waals surface area contributed by atoms with Crippen LogP contribution in [-0.2, 0) is 11.2 Å². The van der Waals surface area contributed by atoms with Crippen molar-refractivity contribution in [2.24, 2.45) is 0 Å². The molecular weight excluding hydrogens is 304 g/mol. The first-order valence-corrected chi connectivity index (χ1v) is 7.93. The van der Waals surface area contributed by atoms with Gasteiger partial charge in [-0.15, -0.1) is 11.3 Å². The summed E-state index contributed by atoms with van der Waals surface area (Å²) in [6, 6.07) is 9.69. The highest BCUT2D eigenvalue weighted by molar-refractivity contribution is 7.73. The number of carbonyl (C=O) groups is 1. The van der Waals surface area contributed by atoms with Crippen LogP contribution in [0.1, 0.15) is 22.1 Å². The molecule has 0 spiro atoms. The van der Waals surface area contributed by atoms with E-state index in [2.05, 4.69) is 10.3 Å². The molecule has 1 aromatic carbocycles. The Hall–Kier alpha value is -1.50. The maximum Gasteiger partial charge on any atom is 0.225 e. The van der Waals surface area contributed by atoms with Crippen LogP contribution in [0, 0.1) is 10.9 Å². The van der Waals surface area contributed by atoms with Crippen molar-refractivity contribution in [1.82, 2.24) is 10.3 Å². The van der Waals surface area contributed by atoms with Crippen LogP contribution in [0.25, 0.3) is 0 Å². The highest BCUT2D eigenvalue weighted by Crippen LogP contribution is 2.16. The van der Waals surface area contributed by atoms with E-state index in [4.69, 9.17) is 12.2 Å². The van der Waals surface area contributed by atoms with Gasteiger partial charge in [-0.2, -0.15) is 0 Å². The zero-order chi connectivity index (χ0) is 15.2. The van der Waals surface area contributed by atoms with Crippen molar-refractivity contribution in [2.75, 3.05) is 13.2 Å². The molecule has 0 saturated carbocycles. The third kappa shape index (κ3) is 4.49. The lowest BCUT2D eigenvalue weighted by Crippen LogP contribution is -2.30. The van der Waals surface area contributed by atoms with Crippen molar-refractivity contribution in [3.8, 4) is 0 Å². The molecule has 112 valence electrons. The zero-order valence-electron chi connectivity index (χ0n) is 11.8. The van der Waals surface area contributed by atoms with Gasteiger partial charge in [-0.3, -0.25) is 4.79 Å². The molecule has 0 aliphatic rings. The number of carbonyl (C=O) groups excluding carboxylic acids is 1. The summed E-state index contributed by atoms with van der Waals surface area (Å²) in [5.74, 6) is -0.140. The quantitative estimate of drug-likeness (QED) is 0.716. The second-order valence-corrected chi connectivity index (χ2v) is 6.61. The molecule has 3 N–H and O–H groups in total. The molecule has 0 aliphatic heterocycles. The van der Waals surface area contributed by atoms with E-state index in [0.717, 1.165) is 16.1 Å². The van der Waals surface area contributed by atoms with Crippen molar-refractivity contribution in [1.29, 1.82) is 0 Å². The number of benzene rings is 1. The van der Waals surface area contributed by atoms with E-state index in [0.29, 0.717) is 16.9 Å². The summed E-state index contributed by atoms with van der Waals surface area (Å²) < 4.78 is 0.688. The first-order chi connectivity index (χ1) is 10.1. The number of aliphatic hydroxyl groups is 1. The summed E-state index contributed by atoms with van der Waals surface area (Å²) in [5.41, 5.74) is 1.97. The number of rotatable bonds is 6. The Balaban J connectivity index is 1.91. The summed E-state index contributed by atoms with van der Waals surface area (Å²) in [6.45, 7) is 2.34. The van der Waals surface area contributed by atoms with Crippen molar-refractivity contribution in [3.63, 3.8) is 0 Å². The second kappa shape index (κ2) is 7.49. The molecule has 21 heavy (non-hydrogen) atoms. The zero-order valence-corrected chi connectivity index (χ0v) is 13.4. The van der Waals surface area contributed by atoms with Crippen LogP contribution in [0.3, 0.4) is 0 Å². The topological polar surface area (TPSA) is 65.1 Å². The number of thiazole rings is 1. The number of aromatic nitrogens is 1. The lowest BCUT2D eigenvalue weighted by atomic mass is 10.00. The number of H-pyrrole nitrogens is 1. The van der Waals surface area contributed by atoms with Crippen molar-refractivity contribution in [2.45, 2.75) is 19.3 Å². The second-order valence-electron chi connectivity index (χ2n) is 4.83. The van der Waals surface area contributed by atoms with Gasteiger partial charge in [0.25, 0.3) is 0 Å². The van der Waals surface area contributed by atoms with E-state index in [1.54, 1.807) is 0 Å². The molecule has 1 atom stereocenters. The summed E-state index contributed by atoms with van der Waals surface area (Å²) >= 11 is 6.49. The van der Waals surface area contributed by atoms with Crippen LogP contribution in [0.2, 0.25) is 0 Å². The standard InChI is InChI=1S/C15H18N2O2S2/c1-10-13(21-15(20)17-10)7-14(19)16-8-12(9-18)11-5-3-2-4-6-11/h2-6,12,18H,7-9H2,1H3,(H,16,19)(H,17,20)/t12-/m1/s1. The fraction of sp³-hybridized carbons (Fsp3) is 0.333. The van der Waals surface area contributed by atoms with E-state index in [1.807, 2.05) is 37.3 Å². The van der Waals surface area contributed by atoms with Gasteiger partial charge in [-0.25, -0.2) is 0 Å². The molecule has 0 fully saturated rings. The lowest BCUT2D eigenvalue weighted by Gasteiger charge is -2.15. The van der Waals surface area contributed by atoms with Crippen LogP contribution in [0.15, 0.2) is 30.3 Å². The van der Waals surface area contributed by atoms with Crippen LogP contribution in [-0.4, -0.2) is 29.1 Å². The van der Waals surface area contributed by atoms with Gasteiger partial charge in [-0.05, 0) is 24.7 Å². The summed E-state index contributed by atoms with van der Waals surface area (Å²) in [7, 11) is 0. The van der Waals surface area contributed by atoms with Gasteiger partial charge < -0.3 is 15.4 Å². The molecule has 2 aromatic rings. The molecular formula is C15H18N2O2S2. The van der Waals surface area contributed by atoms with E-state index >= 15 is 0 Å². The maximum atomic E-state index is 12.0. The summed E-state index contributed by atoms with van der Waals surface area (Å²) in [4.78, 5) is 16.0. The van der Waals surface area contributed by atoms with Crippen LogP contribution in [0.5, 0.6) is 0 Å². The number of aliphatic hydroxyl groups excluding tert-OH is 1. The predicted molar refractivity (Wildman–Crippen MR) is 87.2 cm³/mol. The van der Waals surface area contributed by atoms with E-state index < -0.39 is 0 Å². The average Bonchev–Trinajstić information content (AvgIpc) is 2.78. The highest BCUT2D eigenvalue weighted by atomic mass is 32.1. The molecule has 0 radical (unpaired) electrons. The van der Waals surface area contributed by atoms with E-state index in [1.165, 1.54) is 11.3 Å². The average molecular weight is 322 g/mol. The predicted octanol–water partition coefficient (Wildman–Crippen LogP) is 2.55. The monoisotopic (exact) mass is 322 g/mol. The Kier molecular flexibility index (Phi) is 5.67. The maximum absolute atomic E-state index is 12.0. The number of hydrogen-bond donors (Lipinski definition) is 3. The molecule has 0 unspecified atom stereocenters. The minimum atomic E-state index is -0.0827. The van der Waals surface area contributed by atoms with Gasteiger partial charge in [0.1, 0.15) is 0 Å². The van der Waals surface area contributed by atoms with Crippen LogP contribution < -0.4 is 5.32 Å². The molecule has 4 nitrogen and oxygen atoms in total. The number of aryl methyl sites for hydroxylation is 1. The summed E-state index contributed by atoms with van der Waals surface area (Å²) in [6.07, 6.45) is 0.316. The van der Waals surface area contributed by atoms with E-state index in [9.17, 15) is 9.90 Å². The summed E-state index contributed by atoms with van der Waals surface area (Å²) in [5, 5.41) is 12.3. The number of amides is 1. The molecule has 6 heteroatoms. The van der Waals surface area contributed by atoms with Gasteiger partial charge >= 0.3 is 0 Å². The fourth-order valence-corrected chi connectivity index (χ4v) is 3.35. The van der Waals surface area contributed by atoms with Crippen molar-refractivity contribution in [3.05, 3.63) is 50.4 Å². The molecule has 1 amide bonds. The van der Waals surface area contributed by atoms with Gasteiger partial charge in [0.15, 0.2) is 3.95 Å². The van der Waals surface area contributed by atoms with Crippen LogP contribution in [0.4, 0.5) is 0 Å². The smallest absolute Gasteiger partial charge is 0.225 e. The van der Waals surface area contributed by atoms with Gasteiger partial charge in [0.2, 0.25) is 5.91 Å². The Bertz CT molecular complexity index is 649. The molecule has 0 bridgehead atoms. The van der Waals surface area contributed by atoms with E-state index in [-0.39, 0.29) is 18.4 Å². The van der Waals surface area contributed by atoms with Gasteiger partial charge in [0.05, 0.1) is 13.0 Å². The molecule has 0 saturated heterocycles. The minimum Gasteiger partial charge on any atom is -0.396 e. The SMILES string of the molecule is Cc1[nH]c(=S)sc1CC(=O)NC[C@H](CO)c1ccccc1. The molecule has 0 aliphatic carbocycles. The number of hydrogen-bond acceptors (Lipinski definition) is 4. The fourth-order valence-electron chi connectivity index (χ4n) is 2.06. The molecule has 2 rings (SSSR count). The number of aromatic amines is 1. The number of nitrogens with one attached hydrogen (secondary N) is 2. The Morgan fingerprint density at radius 3 is 2.71 bits per heavy atom. The Morgan fingerprint density at radius 2 is 2.14 bits per heavy atom. The minimum absolute atomic E-state index is 0.00636. The van der Waals surface area contributed by atoms with Gasteiger partial charge in [-0.1, -0.05) is 30.3 Å². The first-order valence-electron chi connectivity index (χ1n) is 6.71. The van der Waals surface area contributed by atoms with Crippen LogP contribution >= 0.6 is 23.6 Å². The first kappa shape index (κ1) is 15.9. The third-order valence-corrected chi connectivity index (χ3v) is 4.62. The Morgan fingerprint density at radius 1 is 1.43 bits per heavy atom. The largest absolute Gasteiger partial charge is 0.396 e. The lowest BCUT2D eigenvalue weighted by molar-refractivity contribution is -0.120. The molecule has 1 aromatic heterocycles. The van der Waals surface area contributed by atoms with Crippen molar-refractivity contribution >= 4 is 29.5 Å². The third-order valence-electron chi connectivity index (χ3n) is 3.28. The van der Waals surface area contributed by atoms with Crippen molar-refractivity contribution < 1.29 is 9.90 Å². The van der Waals surface area contributed by atoms with Gasteiger partial charge in [0, 0.05) is 23.0 Å². The molecule has 1 heterocycles.